The molecule has 0 aromatic heterocycles. The SMILES string of the molecule is CCCS(=O)(=O)Nc1ccc(OC)c(NC)c1. The van der Waals surface area contributed by atoms with Crippen LogP contribution in [0.4, 0.5) is 11.4 Å². The highest BCUT2D eigenvalue weighted by Crippen LogP contribution is 2.27. The Balaban J connectivity index is 2.93. The highest BCUT2D eigenvalue weighted by molar-refractivity contribution is 7.92. The van der Waals surface area contributed by atoms with Crippen LogP contribution in [0.15, 0.2) is 18.2 Å². The first-order valence-corrected chi connectivity index (χ1v) is 7.04. The third-order valence-corrected chi connectivity index (χ3v) is 3.71. The van der Waals surface area contributed by atoms with Gasteiger partial charge < -0.3 is 10.1 Å². The van der Waals surface area contributed by atoms with Crippen LogP contribution in [-0.4, -0.2) is 28.3 Å². The van der Waals surface area contributed by atoms with Crippen molar-refractivity contribution >= 4 is 21.4 Å². The minimum absolute atomic E-state index is 0.119. The van der Waals surface area contributed by atoms with Crippen molar-refractivity contribution in [3.63, 3.8) is 0 Å². The molecule has 0 aliphatic heterocycles. The van der Waals surface area contributed by atoms with Gasteiger partial charge in [0.15, 0.2) is 0 Å². The molecule has 0 unspecified atom stereocenters. The molecule has 0 fully saturated rings. The van der Waals surface area contributed by atoms with Crippen LogP contribution in [0.5, 0.6) is 5.75 Å². The zero-order valence-electron chi connectivity index (χ0n) is 10.3. The number of methoxy groups -OCH3 is 1. The molecule has 0 atom stereocenters. The Bertz CT molecular complexity index is 472. The number of ether oxygens (including phenoxy) is 1. The average Bonchev–Trinajstić information content (AvgIpc) is 2.28. The lowest BCUT2D eigenvalue weighted by Crippen LogP contribution is -2.16. The van der Waals surface area contributed by atoms with Crippen molar-refractivity contribution in [1.82, 2.24) is 0 Å². The van der Waals surface area contributed by atoms with E-state index in [1.165, 1.54) is 0 Å². The Kier molecular flexibility index (Phi) is 4.62. The second kappa shape index (κ2) is 5.77. The Labute approximate surface area is 102 Å². The van der Waals surface area contributed by atoms with Crippen molar-refractivity contribution in [3.8, 4) is 5.75 Å². The second-order valence-electron chi connectivity index (χ2n) is 3.59. The number of rotatable bonds is 6. The number of hydrogen-bond acceptors (Lipinski definition) is 4. The minimum atomic E-state index is -3.25. The summed E-state index contributed by atoms with van der Waals surface area (Å²) in [6, 6.07) is 5.09. The third kappa shape index (κ3) is 3.81. The Morgan fingerprint density at radius 2 is 2.06 bits per heavy atom. The number of sulfonamides is 1. The molecule has 2 N–H and O–H groups in total. The van der Waals surface area contributed by atoms with Gasteiger partial charge in [-0.1, -0.05) is 6.92 Å². The van der Waals surface area contributed by atoms with Crippen LogP contribution in [0.25, 0.3) is 0 Å². The molecule has 0 aliphatic rings. The van der Waals surface area contributed by atoms with E-state index in [0.29, 0.717) is 17.9 Å². The highest BCUT2D eigenvalue weighted by atomic mass is 32.2. The highest BCUT2D eigenvalue weighted by Gasteiger charge is 2.10. The van der Waals surface area contributed by atoms with Crippen molar-refractivity contribution in [3.05, 3.63) is 18.2 Å². The van der Waals surface area contributed by atoms with E-state index in [2.05, 4.69) is 10.0 Å². The van der Waals surface area contributed by atoms with Crippen molar-refractivity contribution in [2.45, 2.75) is 13.3 Å². The van der Waals surface area contributed by atoms with Crippen LogP contribution in [0.2, 0.25) is 0 Å². The summed E-state index contributed by atoms with van der Waals surface area (Å²) >= 11 is 0. The van der Waals surface area contributed by atoms with Gasteiger partial charge in [0.1, 0.15) is 5.75 Å². The lowest BCUT2D eigenvalue weighted by molar-refractivity contribution is 0.416. The molecule has 0 aliphatic carbocycles. The van der Waals surface area contributed by atoms with Crippen LogP contribution >= 0.6 is 0 Å². The second-order valence-corrected chi connectivity index (χ2v) is 5.43. The largest absolute Gasteiger partial charge is 0.495 e. The predicted molar refractivity (Wildman–Crippen MR) is 70.2 cm³/mol. The van der Waals surface area contributed by atoms with E-state index >= 15 is 0 Å². The fourth-order valence-corrected chi connectivity index (χ4v) is 2.59. The standard InChI is InChI=1S/C11H18N2O3S/c1-4-7-17(14,15)13-9-5-6-11(16-3)10(8-9)12-2/h5-6,8,12-13H,4,7H2,1-3H3. The summed E-state index contributed by atoms with van der Waals surface area (Å²) in [4.78, 5) is 0. The van der Waals surface area contributed by atoms with Gasteiger partial charge in [0, 0.05) is 7.05 Å². The van der Waals surface area contributed by atoms with Gasteiger partial charge >= 0.3 is 0 Å². The Morgan fingerprint density at radius 1 is 1.35 bits per heavy atom. The topological polar surface area (TPSA) is 67.4 Å². The quantitative estimate of drug-likeness (QED) is 0.817. The number of anilines is 2. The molecule has 96 valence electrons. The Hall–Kier alpha value is -1.43. The molecular weight excluding hydrogens is 240 g/mol. The van der Waals surface area contributed by atoms with E-state index in [4.69, 9.17) is 4.74 Å². The van der Waals surface area contributed by atoms with E-state index < -0.39 is 10.0 Å². The number of benzene rings is 1. The molecule has 0 saturated heterocycles. The molecule has 0 radical (unpaired) electrons. The summed E-state index contributed by atoms with van der Waals surface area (Å²) in [5, 5.41) is 2.94. The van der Waals surface area contributed by atoms with E-state index in [-0.39, 0.29) is 5.75 Å². The Morgan fingerprint density at radius 3 is 2.59 bits per heavy atom. The zero-order valence-corrected chi connectivity index (χ0v) is 11.1. The summed E-state index contributed by atoms with van der Waals surface area (Å²) < 4.78 is 30.8. The third-order valence-electron chi connectivity index (χ3n) is 2.22. The van der Waals surface area contributed by atoms with Gasteiger partial charge in [0.2, 0.25) is 10.0 Å². The van der Waals surface area contributed by atoms with Crippen LogP contribution in [0.3, 0.4) is 0 Å². The zero-order chi connectivity index (χ0) is 12.9. The molecule has 5 nitrogen and oxygen atoms in total. The molecule has 0 heterocycles. The minimum Gasteiger partial charge on any atom is -0.495 e. The maximum atomic E-state index is 11.6. The first-order valence-electron chi connectivity index (χ1n) is 5.38. The van der Waals surface area contributed by atoms with E-state index in [0.717, 1.165) is 5.69 Å². The van der Waals surface area contributed by atoms with Crippen molar-refractivity contribution in [2.75, 3.05) is 29.9 Å². The average molecular weight is 258 g/mol. The van der Waals surface area contributed by atoms with Crippen molar-refractivity contribution in [2.24, 2.45) is 0 Å². The van der Waals surface area contributed by atoms with Gasteiger partial charge in [-0.25, -0.2) is 8.42 Å². The molecule has 17 heavy (non-hydrogen) atoms. The predicted octanol–water partition coefficient (Wildman–Crippen LogP) is 1.89. The lowest BCUT2D eigenvalue weighted by atomic mass is 10.2. The van der Waals surface area contributed by atoms with Crippen LogP contribution in [0.1, 0.15) is 13.3 Å². The summed E-state index contributed by atoms with van der Waals surface area (Å²) in [7, 11) is 0.0709. The lowest BCUT2D eigenvalue weighted by Gasteiger charge is -2.11. The number of nitrogens with one attached hydrogen (secondary N) is 2. The van der Waals surface area contributed by atoms with Gasteiger partial charge in [-0.05, 0) is 24.6 Å². The number of hydrogen-bond donors (Lipinski definition) is 2. The molecule has 0 saturated carbocycles. The van der Waals surface area contributed by atoms with E-state index in [9.17, 15) is 8.42 Å². The van der Waals surface area contributed by atoms with Crippen molar-refractivity contribution < 1.29 is 13.2 Å². The molecular formula is C11H18N2O3S. The molecule has 1 aromatic carbocycles. The van der Waals surface area contributed by atoms with Gasteiger partial charge in [-0.15, -0.1) is 0 Å². The maximum absolute atomic E-state index is 11.6. The molecule has 6 heteroatoms. The summed E-state index contributed by atoms with van der Waals surface area (Å²) in [6.07, 6.45) is 0.588. The first kappa shape index (κ1) is 13.6. The molecule has 1 rings (SSSR count). The van der Waals surface area contributed by atoms with Crippen molar-refractivity contribution in [1.29, 1.82) is 0 Å². The smallest absolute Gasteiger partial charge is 0.232 e. The summed E-state index contributed by atoms with van der Waals surface area (Å²) in [5.41, 5.74) is 1.27. The first-order chi connectivity index (χ1) is 8.02. The van der Waals surface area contributed by atoms with E-state index in [1.54, 1.807) is 32.4 Å². The van der Waals surface area contributed by atoms with Crippen LogP contribution in [0, 0.1) is 0 Å². The fourth-order valence-electron chi connectivity index (χ4n) is 1.47. The maximum Gasteiger partial charge on any atom is 0.232 e. The van der Waals surface area contributed by atoms with Gasteiger partial charge in [0.25, 0.3) is 0 Å². The monoisotopic (exact) mass is 258 g/mol. The van der Waals surface area contributed by atoms with Crippen LogP contribution < -0.4 is 14.8 Å². The molecule has 0 bridgehead atoms. The summed E-state index contributed by atoms with van der Waals surface area (Å²) in [5.74, 6) is 0.791. The molecule has 0 amide bonds. The van der Waals surface area contributed by atoms with Crippen LogP contribution in [-0.2, 0) is 10.0 Å². The van der Waals surface area contributed by atoms with Gasteiger partial charge in [-0.3, -0.25) is 4.72 Å². The van der Waals surface area contributed by atoms with E-state index in [1.807, 2.05) is 6.92 Å². The fraction of sp³-hybridized carbons (Fsp3) is 0.455. The molecule has 0 spiro atoms. The van der Waals surface area contributed by atoms with Gasteiger partial charge in [0.05, 0.1) is 24.2 Å². The van der Waals surface area contributed by atoms with Gasteiger partial charge in [-0.2, -0.15) is 0 Å². The molecule has 1 aromatic rings. The normalized spacial score (nSPS) is 11.0. The summed E-state index contributed by atoms with van der Waals surface area (Å²) in [6.45, 7) is 1.83.